The second kappa shape index (κ2) is 5.43. The SMILES string of the molecule is O=C(O)CCS(=O)(=O)N1CCCC(C(F)(F)F)C1. The van der Waals surface area contributed by atoms with Crippen molar-refractivity contribution in [2.45, 2.75) is 25.4 Å². The van der Waals surface area contributed by atoms with Gasteiger partial charge in [0.2, 0.25) is 10.0 Å². The fourth-order valence-corrected chi connectivity index (χ4v) is 3.31. The summed E-state index contributed by atoms with van der Waals surface area (Å²) in [7, 11) is -3.92. The minimum absolute atomic E-state index is 0.0224. The number of halogens is 3. The van der Waals surface area contributed by atoms with Gasteiger partial charge in [-0.15, -0.1) is 0 Å². The second-order valence-electron chi connectivity index (χ2n) is 4.20. The first-order chi connectivity index (χ1) is 8.13. The highest BCUT2D eigenvalue weighted by molar-refractivity contribution is 7.89. The molecule has 1 N–H and O–H groups in total. The lowest BCUT2D eigenvalue weighted by Gasteiger charge is -2.32. The van der Waals surface area contributed by atoms with Crippen molar-refractivity contribution in [3.8, 4) is 0 Å². The number of carbonyl (C=O) groups is 1. The summed E-state index contributed by atoms with van der Waals surface area (Å²) in [5, 5.41) is 8.39. The molecule has 0 aromatic rings. The Balaban J connectivity index is 2.68. The van der Waals surface area contributed by atoms with Crippen molar-refractivity contribution in [3.63, 3.8) is 0 Å². The molecule has 0 aromatic carbocycles. The Morgan fingerprint density at radius 1 is 1.39 bits per heavy atom. The zero-order valence-corrected chi connectivity index (χ0v) is 10.3. The molecular formula is C9H14F3NO4S. The van der Waals surface area contributed by atoms with Gasteiger partial charge in [-0.25, -0.2) is 12.7 Å². The van der Waals surface area contributed by atoms with E-state index in [1.54, 1.807) is 0 Å². The Hall–Kier alpha value is -0.830. The van der Waals surface area contributed by atoms with E-state index in [1.807, 2.05) is 0 Å². The van der Waals surface area contributed by atoms with Crippen LogP contribution in [0.3, 0.4) is 0 Å². The van der Waals surface area contributed by atoms with Gasteiger partial charge < -0.3 is 5.11 Å². The van der Waals surface area contributed by atoms with E-state index >= 15 is 0 Å². The Bertz CT molecular complexity index is 407. The molecule has 0 spiro atoms. The average Bonchev–Trinajstić information content (AvgIpc) is 2.26. The first-order valence-electron chi connectivity index (χ1n) is 5.39. The van der Waals surface area contributed by atoms with Gasteiger partial charge in [0.25, 0.3) is 0 Å². The summed E-state index contributed by atoms with van der Waals surface area (Å²) >= 11 is 0. The average molecular weight is 289 g/mol. The van der Waals surface area contributed by atoms with Crippen LogP contribution in [0, 0.1) is 5.92 Å². The Kier molecular flexibility index (Phi) is 4.60. The van der Waals surface area contributed by atoms with Gasteiger partial charge in [0.1, 0.15) is 0 Å². The zero-order valence-electron chi connectivity index (χ0n) is 9.48. The van der Waals surface area contributed by atoms with Crippen LogP contribution in [0.2, 0.25) is 0 Å². The molecule has 0 radical (unpaired) electrons. The lowest BCUT2D eigenvalue weighted by molar-refractivity contribution is -0.182. The predicted molar refractivity (Wildman–Crippen MR) is 56.4 cm³/mol. The molecule has 106 valence electrons. The lowest BCUT2D eigenvalue weighted by Crippen LogP contribution is -2.45. The van der Waals surface area contributed by atoms with Crippen molar-refractivity contribution < 1.29 is 31.5 Å². The van der Waals surface area contributed by atoms with Crippen LogP contribution in [0.25, 0.3) is 0 Å². The number of alkyl halides is 3. The number of sulfonamides is 1. The summed E-state index contributed by atoms with van der Waals surface area (Å²) < 4.78 is 61.6. The Morgan fingerprint density at radius 2 is 2.00 bits per heavy atom. The van der Waals surface area contributed by atoms with Crippen LogP contribution in [-0.2, 0) is 14.8 Å². The van der Waals surface area contributed by atoms with Gasteiger partial charge in [-0.3, -0.25) is 4.79 Å². The van der Waals surface area contributed by atoms with Gasteiger partial charge in [-0.05, 0) is 12.8 Å². The largest absolute Gasteiger partial charge is 0.481 e. The van der Waals surface area contributed by atoms with Crippen molar-refractivity contribution in [1.29, 1.82) is 0 Å². The van der Waals surface area contributed by atoms with Crippen molar-refractivity contribution in [2.24, 2.45) is 5.92 Å². The number of rotatable bonds is 4. The molecule has 5 nitrogen and oxygen atoms in total. The number of nitrogens with zero attached hydrogens (tertiary/aromatic N) is 1. The molecular weight excluding hydrogens is 275 g/mol. The van der Waals surface area contributed by atoms with Crippen molar-refractivity contribution in [1.82, 2.24) is 4.31 Å². The van der Waals surface area contributed by atoms with Crippen LogP contribution in [-0.4, -0.2) is 48.8 Å². The maximum atomic E-state index is 12.5. The van der Waals surface area contributed by atoms with Crippen molar-refractivity contribution >= 4 is 16.0 Å². The third-order valence-electron chi connectivity index (χ3n) is 2.81. The topological polar surface area (TPSA) is 74.7 Å². The summed E-state index contributed by atoms with van der Waals surface area (Å²) in [6.45, 7) is -0.583. The van der Waals surface area contributed by atoms with Crippen LogP contribution in [0.4, 0.5) is 13.2 Å². The number of hydrogen-bond donors (Lipinski definition) is 1. The molecule has 1 rings (SSSR count). The molecule has 1 heterocycles. The monoisotopic (exact) mass is 289 g/mol. The molecule has 1 aliphatic heterocycles. The van der Waals surface area contributed by atoms with E-state index in [-0.39, 0.29) is 19.4 Å². The third kappa shape index (κ3) is 4.13. The summed E-state index contributed by atoms with van der Waals surface area (Å²) in [5.41, 5.74) is 0. The summed E-state index contributed by atoms with van der Waals surface area (Å²) in [6, 6.07) is 0. The first kappa shape index (κ1) is 15.2. The second-order valence-corrected chi connectivity index (χ2v) is 6.29. The van der Waals surface area contributed by atoms with Crippen LogP contribution >= 0.6 is 0 Å². The minimum atomic E-state index is -4.42. The number of hydrogen-bond acceptors (Lipinski definition) is 3. The van der Waals surface area contributed by atoms with Crippen molar-refractivity contribution in [2.75, 3.05) is 18.8 Å². The molecule has 0 amide bonds. The van der Waals surface area contributed by atoms with E-state index in [4.69, 9.17) is 5.11 Å². The summed E-state index contributed by atoms with van der Waals surface area (Å²) in [6.07, 6.45) is -4.97. The van der Waals surface area contributed by atoms with Gasteiger partial charge in [-0.2, -0.15) is 13.2 Å². The molecule has 0 saturated carbocycles. The van der Waals surface area contributed by atoms with Crippen molar-refractivity contribution in [3.05, 3.63) is 0 Å². The van der Waals surface area contributed by atoms with Crippen LogP contribution in [0.15, 0.2) is 0 Å². The molecule has 1 atom stereocenters. The van der Waals surface area contributed by atoms with Gasteiger partial charge >= 0.3 is 12.1 Å². The van der Waals surface area contributed by atoms with Crippen LogP contribution in [0.1, 0.15) is 19.3 Å². The maximum absolute atomic E-state index is 12.5. The molecule has 0 bridgehead atoms. The number of carboxylic acids is 1. The highest BCUT2D eigenvalue weighted by Crippen LogP contribution is 2.33. The lowest BCUT2D eigenvalue weighted by atomic mass is 9.99. The van der Waals surface area contributed by atoms with E-state index in [1.165, 1.54) is 0 Å². The van der Waals surface area contributed by atoms with Gasteiger partial charge in [0, 0.05) is 13.1 Å². The highest BCUT2D eigenvalue weighted by Gasteiger charge is 2.43. The zero-order chi connectivity index (χ0) is 14.0. The predicted octanol–water partition coefficient (Wildman–Crippen LogP) is 1.07. The summed E-state index contributed by atoms with van der Waals surface area (Å²) in [4.78, 5) is 10.3. The van der Waals surface area contributed by atoms with Gasteiger partial charge in [0.05, 0.1) is 18.1 Å². The Labute approximate surface area is 103 Å². The molecule has 18 heavy (non-hydrogen) atoms. The fraction of sp³-hybridized carbons (Fsp3) is 0.889. The molecule has 1 aliphatic rings. The van der Waals surface area contributed by atoms with E-state index in [0.717, 1.165) is 4.31 Å². The normalized spacial score (nSPS) is 22.9. The smallest absolute Gasteiger partial charge is 0.393 e. The standard InChI is InChI=1S/C9H14F3NO4S/c10-9(11,12)7-2-1-4-13(6-7)18(16,17)5-3-8(14)15/h7H,1-6H2,(H,14,15). The molecule has 1 fully saturated rings. The fourth-order valence-electron chi connectivity index (χ4n) is 1.81. The molecule has 0 aromatic heterocycles. The van der Waals surface area contributed by atoms with E-state index in [2.05, 4.69) is 0 Å². The maximum Gasteiger partial charge on any atom is 0.393 e. The number of aliphatic carboxylic acids is 1. The Morgan fingerprint density at radius 3 is 2.50 bits per heavy atom. The van der Waals surface area contributed by atoms with Crippen LogP contribution in [0.5, 0.6) is 0 Å². The summed E-state index contributed by atoms with van der Waals surface area (Å²) in [5.74, 6) is -3.61. The highest BCUT2D eigenvalue weighted by atomic mass is 32.2. The van der Waals surface area contributed by atoms with Gasteiger partial charge in [-0.1, -0.05) is 0 Å². The quantitative estimate of drug-likeness (QED) is 0.840. The molecule has 1 unspecified atom stereocenters. The van der Waals surface area contributed by atoms with E-state index in [0.29, 0.717) is 0 Å². The third-order valence-corrected chi connectivity index (χ3v) is 4.65. The number of piperidine rings is 1. The van der Waals surface area contributed by atoms with E-state index < -0.39 is 46.8 Å². The minimum Gasteiger partial charge on any atom is -0.481 e. The molecule has 9 heteroatoms. The first-order valence-corrected chi connectivity index (χ1v) is 7.00. The molecule has 1 saturated heterocycles. The van der Waals surface area contributed by atoms with E-state index in [9.17, 15) is 26.4 Å². The number of carboxylic acid groups (broad SMARTS) is 1. The van der Waals surface area contributed by atoms with Crippen LogP contribution < -0.4 is 0 Å². The van der Waals surface area contributed by atoms with Gasteiger partial charge in [0.15, 0.2) is 0 Å². The molecule has 0 aliphatic carbocycles.